The Labute approximate surface area is 141 Å². The lowest BCUT2D eigenvalue weighted by atomic mass is 9.92. The summed E-state index contributed by atoms with van der Waals surface area (Å²) < 4.78 is 0. The van der Waals surface area contributed by atoms with Gasteiger partial charge in [-0.05, 0) is 61.8 Å². The molecule has 1 aliphatic heterocycles. The van der Waals surface area contributed by atoms with Crippen LogP contribution in [0.2, 0.25) is 10.0 Å². The summed E-state index contributed by atoms with van der Waals surface area (Å²) in [6.45, 7) is 3.70. The monoisotopic (exact) mass is 340 g/mol. The number of nitrogens with zero attached hydrogens (tertiary/aromatic N) is 1. The van der Waals surface area contributed by atoms with E-state index in [4.69, 9.17) is 28.9 Å². The minimum absolute atomic E-state index is 0.0846. The number of nitrogens with two attached hydrogens (primary N) is 1. The number of carbonyl (C=O) groups excluding carboxylic acids is 1. The fraction of sp³-hybridized carbons (Fsp3) is 0.588. The molecule has 1 aromatic carbocycles. The first-order chi connectivity index (χ1) is 10.5. The molecule has 0 radical (unpaired) electrons. The Morgan fingerprint density at radius 1 is 1.32 bits per heavy atom. The molecule has 0 aromatic heterocycles. The Bertz CT molecular complexity index is 556. The molecule has 1 heterocycles. The lowest BCUT2D eigenvalue weighted by molar-refractivity contribution is -0.134. The van der Waals surface area contributed by atoms with Crippen LogP contribution in [-0.2, 0) is 4.79 Å². The van der Waals surface area contributed by atoms with Gasteiger partial charge in [0.05, 0.1) is 0 Å². The number of piperidine rings is 1. The van der Waals surface area contributed by atoms with Crippen LogP contribution in [0.3, 0.4) is 0 Å². The Hall–Kier alpha value is -0.770. The van der Waals surface area contributed by atoms with Crippen LogP contribution < -0.4 is 5.73 Å². The summed E-state index contributed by atoms with van der Waals surface area (Å²) in [6.07, 6.45) is 3.08. The van der Waals surface area contributed by atoms with Gasteiger partial charge in [0.15, 0.2) is 0 Å². The fourth-order valence-corrected chi connectivity index (χ4v) is 4.04. The van der Waals surface area contributed by atoms with Gasteiger partial charge in [-0.15, -0.1) is 0 Å². The molecule has 1 saturated heterocycles. The zero-order valence-corrected chi connectivity index (χ0v) is 14.3. The third-order valence-electron chi connectivity index (χ3n) is 4.93. The average Bonchev–Trinajstić information content (AvgIpc) is 3.26. The van der Waals surface area contributed by atoms with Crippen molar-refractivity contribution in [3.63, 3.8) is 0 Å². The first kappa shape index (κ1) is 16.1. The van der Waals surface area contributed by atoms with Gasteiger partial charge in [-0.25, -0.2) is 0 Å². The van der Waals surface area contributed by atoms with Gasteiger partial charge < -0.3 is 10.6 Å². The molecule has 3 rings (SSSR count). The molecule has 0 spiro atoms. The van der Waals surface area contributed by atoms with Crippen LogP contribution in [0, 0.1) is 11.8 Å². The highest BCUT2D eigenvalue weighted by Crippen LogP contribution is 2.49. The molecule has 1 aliphatic carbocycles. The van der Waals surface area contributed by atoms with Gasteiger partial charge in [0.25, 0.3) is 0 Å². The summed E-state index contributed by atoms with van der Waals surface area (Å²) in [5.41, 5.74) is 7.09. The number of halogens is 2. The van der Waals surface area contributed by atoms with Crippen molar-refractivity contribution in [1.29, 1.82) is 0 Å². The summed E-state index contributed by atoms with van der Waals surface area (Å²) in [5.74, 6) is 1.04. The number of likely N-dealkylation sites (tertiary alicyclic amines) is 1. The number of rotatable bonds is 3. The lowest BCUT2D eigenvalue weighted by Gasteiger charge is -2.34. The van der Waals surface area contributed by atoms with Crippen molar-refractivity contribution >= 4 is 29.1 Å². The highest BCUT2D eigenvalue weighted by molar-refractivity contribution is 6.34. The van der Waals surface area contributed by atoms with Crippen LogP contribution in [0.4, 0.5) is 0 Å². The normalized spacial score (nSPS) is 29.3. The van der Waals surface area contributed by atoms with Gasteiger partial charge in [0.1, 0.15) is 0 Å². The molecule has 2 fully saturated rings. The van der Waals surface area contributed by atoms with Gasteiger partial charge in [-0.3, -0.25) is 4.79 Å². The molecule has 120 valence electrons. The highest BCUT2D eigenvalue weighted by Gasteiger charge is 2.46. The van der Waals surface area contributed by atoms with Crippen molar-refractivity contribution in [2.24, 2.45) is 17.6 Å². The minimum atomic E-state index is 0.0846. The molecule has 2 N–H and O–H groups in total. The van der Waals surface area contributed by atoms with Crippen LogP contribution in [0.15, 0.2) is 18.2 Å². The van der Waals surface area contributed by atoms with E-state index in [1.807, 2.05) is 24.0 Å². The molecule has 3 nitrogen and oxygen atoms in total. The van der Waals surface area contributed by atoms with Crippen LogP contribution in [0.5, 0.6) is 0 Å². The van der Waals surface area contributed by atoms with Crippen molar-refractivity contribution in [1.82, 2.24) is 4.90 Å². The predicted octanol–water partition coefficient (Wildman–Crippen LogP) is 3.68. The van der Waals surface area contributed by atoms with E-state index in [9.17, 15) is 4.79 Å². The van der Waals surface area contributed by atoms with Gasteiger partial charge in [-0.1, -0.05) is 23.2 Å². The van der Waals surface area contributed by atoms with Crippen LogP contribution >= 0.6 is 23.2 Å². The molecular formula is C17H22Cl2N2O. The molecule has 1 saturated carbocycles. The van der Waals surface area contributed by atoms with Gasteiger partial charge in [0.2, 0.25) is 5.91 Å². The van der Waals surface area contributed by atoms with Crippen LogP contribution in [0.25, 0.3) is 0 Å². The second-order valence-electron chi connectivity index (χ2n) is 6.70. The number of hydrogen-bond acceptors (Lipinski definition) is 2. The fourth-order valence-electron chi connectivity index (χ4n) is 3.50. The quantitative estimate of drug-likeness (QED) is 0.912. The Morgan fingerprint density at radius 2 is 2.00 bits per heavy atom. The third-order valence-corrected chi connectivity index (χ3v) is 5.37. The number of hydrogen-bond donors (Lipinski definition) is 1. The summed E-state index contributed by atoms with van der Waals surface area (Å²) in [4.78, 5) is 14.7. The number of benzene rings is 1. The molecule has 22 heavy (non-hydrogen) atoms. The maximum Gasteiger partial charge on any atom is 0.226 e. The molecular weight excluding hydrogens is 319 g/mol. The Morgan fingerprint density at radius 3 is 2.64 bits per heavy atom. The second-order valence-corrected chi connectivity index (χ2v) is 7.57. The van der Waals surface area contributed by atoms with Gasteiger partial charge >= 0.3 is 0 Å². The van der Waals surface area contributed by atoms with Crippen molar-refractivity contribution in [2.45, 2.75) is 38.1 Å². The summed E-state index contributed by atoms with van der Waals surface area (Å²) in [5, 5.41) is 1.27. The summed E-state index contributed by atoms with van der Waals surface area (Å²) >= 11 is 12.1. The van der Waals surface area contributed by atoms with Crippen molar-refractivity contribution in [3.05, 3.63) is 33.8 Å². The van der Waals surface area contributed by atoms with Crippen molar-refractivity contribution in [2.75, 3.05) is 13.1 Å². The molecule has 1 amide bonds. The zero-order chi connectivity index (χ0) is 15.9. The maximum atomic E-state index is 12.7. The predicted molar refractivity (Wildman–Crippen MR) is 90.3 cm³/mol. The molecule has 2 aliphatic rings. The van der Waals surface area contributed by atoms with E-state index in [2.05, 4.69) is 0 Å². The third kappa shape index (κ3) is 3.42. The van der Waals surface area contributed by atoms with Gasteiger partial charge in [-0.2, -0.15) is 0 Å². The largest absolute Gasteiger partial charge is 0.342 e. The number of carbonyl (C=O) groups is 1. The van der Waals surface area contributed by atoms with Crippen LogP contribution in [-0.4, -0.2) is 29.9 Å². The summed E-state index contributed by atoms with van der Waals surface area (Å²) in [6, 6.07) is 5.72. The molecule has 1 aromatic rings. The van der Waals surface area contributed by atoms with Crippen LogP contribution in [0.1, 0.15) is 37.7 Å². The average molecular weight is 341 g/mol. The smallest absolute Gasteiger partial charge is 0.226 e. The van der Waals surface area contributed by atoms with Crippen molar-refractivity contribution in [3.8, 4) is 0 Å². The lowest BCUT2D eigenvalue weighted by Crippen LogP contribution is -2.45. The molecule has 0 unspecified atom stereocenters. The standard InChI is InChI=1S/C17H22Cl2N2O/c1-10(20)11-3-2-4-21(9-11)17(22)16-8-15(16)12-5-13(18)7-14(19)6-12/h5-7,10-11,15-16H,2-4,8-9,20H2,1H3/t10-,11+,15+,16+/m0/s1. The first-order valence-electron chi connectivity index (χ1n) is 7.96. The zero-order valence-electron chi connectivity index (χ0n) is 12.8. The Balaban J connectivity index is 1.65. The first-order valence-corrected chi connectivity index (χ1v) is 8.71. The van der Waals surface area contributed by atoms with E-state index in [0.29, 0.717) is 16.0 Å². The van der Waals surface area contributed by atoms with Gasteiger partial charge in [0, 0.05) is 35.1 Å². The molecule has 4 atom stereocenters. The van der Waals surface area contributed by atoms with E-state index in [1.54, 1.807) is 6.07 Å². The second kappa shape index (κ2) is 6.38. The maximum absolute atomic E-state index is 12.7. The van der Waals surface area contributed by atoms with Crippen molar-refractivity contribution < 1.29 is 4.79 Å². The topological polar surface area (TPSA) is 46.3 Å². The van der Waals surface area contributed by atoms with E-state index in [1.165, 1.54) is 0 Å². The van der Waals surface area contributed by atoms with E-state index in [0.717, 1.165) is 37.9 Å². The number of amides is 1. The SMILES string of the molecule is C[C@H](N)[C@@H]1CCCN(C(=O)[C@@H]2C[C@@H]2c2cc(Cl)cc(Cl)c2)C1. The van der Waals surface area contributed by atoms with E-state index in [-0.39, 0.29) is 23.8 Å². The van der Waals surface area contributed by atoms with E-state index >= 15 is 0 Å². The van der Waals surface area contributed by atoms with E-state index < -0.39 is 0 Å². The molecule has 5 heteroatoms. The Kier molecular flexibility index (Phi) is 4.67. The molecule has 0 bridgehead atoms. The summed E-state index contributed by atoms with van der Waals surface area (Å²) in [7, 11) is 0. The minimum Gasteiger partial charge on any atom is -0.342 e. The highest BCUT2D eigenvalue weighted by atomic mass is 35.5.